The summed E-state index contributed by atoms with van der Waals surface area (Å²) in [6.45, 7) is 2.55. The van der Waals surface area contributed by atoms with Gasteiger partial charge >= 0.3 is 11.9 Å². The van der Waals surface area contributed by atoms with E-state index < -0.39 is 11.9 Å². The molecule has 0 atom stereocenters. The quantitative estimate of drug-likeness (QED) is 0.259. The van der Waals surface area contributed by atoms with Crippen molar-refractivity contribution in [1.29, 1.82) is 5.26 Å². The lowest BCUT2D eigenvalue weighted by atomic mass is 10.1. The number of esters is 2. The van der Waals surface area contributed by atoms with E-state index in [2.05, 4.69) is 6.92 Å². The fraction of sp³-hybridized carbons (Fsp3) is 0.450. The van der Waals surface area contributed by atoms with Crippen LogP contribution in [0.2, 0.25) is 0 Å². The van der Waals surface area contributed by atoms with E-state index >= 15 is 0 Å². The third-order valence-electron chi connectivity index (χ3n) is 3.55. The Morgan fingerprint density at radius 1 is 0.960 bits per heavy atom. The van der Waals surface area contributed by atoms with Crippen LogP contribution < -0.4 is 4.74 Å². The molecule has 134 valence electrons. The molecule has 0 radical (unpaired) electrons. The SMILES string of the molecule is CCCCCCCCCOC(=O)/C=C/C(=O)Oc1ccc(C#N)cc1. The van der Waals surface area contributed by atoms with E-state index in [-0.39, 0.29) is 0 Å². The van der Waals surface area contributed by atoms with Crippen molar-refractivity contribution in [2.75, 3.05) is 6.61 Å². The van der Waals surface area contributed by atoms with Crippen molar-refractivity contribution in [2.45, 2.75) is 51.9 Å². The first-order chi connectivity index (χ1) is 12.2. The lowest BCUT2D eigenvalue weighted by molar-refractivity contribution is -0.138. The molecular weight excluding hydrogens is 318 g/mol. The highest BCUT2D eigenvalue weighted by molar-refractivity contribution is 5.92. The number of nitriles is 1. The smallest absolute Gasteiger partial charge is 0.336 e. The van der Waals surface area contributed by atoms with Crippen LogP contribution in [0.3, 0.4) is 0 Å². The number of unbranched alkanes of at least 4 members (excludes halogenated alkanes) is 6. The molecule has 0 aliphatic carbocycles. The zero-order valence-corrected chi connectivity index (χ0v) is 14.7. The molecule has 0 heterocycles. The standard InChI is InChI=1S/C20H25NO4/c1-2-3-4-5-6-7-8-15-24-19(22)13-14-20(23)25-18-11-9-17(16-21)10-12-18/h9-14H,2-8,15H2,1H3/b14-13+. The van der Waals surface area contributed by atoms with Crippen molar-refractivity contribution in [3.05, 3.63) is 42.0 Å². The van der Waals surface area contributed by atoms with Crippen molar-refractivity contribution >= 4 is 11.9 Å². The van der Waals surface area contributed by atoms with Gasteiger partial charge in [0.2, 0.25) is 0 Å². The van der Waals surface area contributed by atoms with Gasteiger partial charge in [-0.15, -0.1) is 0 Å². The number of hydrogen-bond acceptors (Lipinski definition) is 5. The normalized spacial score (nSPS) is 10.4. The minimum absolute atomic E-state index is 0.310. The van der Waals surface area contributed by atoms with E-state index in [0.29, 0.717) is 17.9 Å². The molecule has 0 amide bonds. The van der Waals surface area contributed by atoms with Crippen molar-refractivity contribution in [2.24, 2.45) is 0 Å². The summed E-state index contributed by atoms with van der Waals surface area (Å²) in [6.07, 6.45) is 10.1. The Morgan fingerprint density at radius 3 is 2.20 bits per heavy atom. The molecule has 0 saturated heterocycles. The fourth-order valence-electron chi connectivity index (χ4n) is 2.16. The van der Waals surface area contributed by atoms with E-state index in [4.69, 9.17) is 14.7 Å². The average Bonchev–Trinajstić information content (AvgIpc) is 2.63. The maximum atomic E-state index is 11.6. The van der Waals surface area contributed by atoms with Gasteiger partial charge in [0.1, 0.15) is 5.75 Å². The molecule has 0 bridgehead atoms. The van der Waals surface area contributed by atoms with Gasteiger partial charge in [-0.05, 0) is 30.7 Å². The Morgan fingerprint density at radius 2 is 1.56 bits per heavy atom. The predicted octanol–water partition coefficient (Wildman–Crippen LogP) is 4.31. The van der Waals surface area contributed by atoms with E-state index in [9.17, 15) is 9.59 Å². The number of nitrogens with zero attached hydrogens (tertiary/aromatic N) is 1. The number of rotatable bonds is 11. The van der Waals surface area contributed by atoms with Crippen LogP contribution in [0, 0.1) is 11.3 Å². The van der Waals surface area contributed by atoms with E-state index in [1.54, 1.807) is 12.1 Å². The summed E-state index contributed by atoms with van der Waals surface area (Å²) in [5, 5.41) is 8.69. The average molecular weight is 343 g/mol. The summed E-state index contributed by atoms with van der Waals surface area (Å²) < 4.78 is 10.0. The van der Waals surface area contributed by atoms with Gasteiger partial charge in [0.25, 0.3) is 0 Å². The summed E-state index contributed by atoms with van der Waals surface area (Å²) in [5.74, 6) is -0.912. The summed E-state index contributed by atoms with van der Waals surface area (Å²) in [7, 11) is 0. The van der Waals surface area contributed by atoms with Gasteiger partial charge in [-0.2, -0.15) is 5.26 Å². The fourth-order valence-corrected chi connectivity index (χ4v) is 2.16. The van der Waals surface area contributed by atoms with Crippen molar-refractivity contribution < 1.29 is 19.1 Å². The maximum Gasteiger partial charge on any atom is 0.336 e. The molecule has 0 unspecified atom stereocenters. The molecule has 5 heteroatoms. The first-order valence-corrected chi connectivity index (χ1v) is 8.72. The zero-order chi connectivity index (χ0) is 18.3. The number of carbonyl (C=O) groups is 2. The number of benzene rings is 1. The Hall–Kier alpha value is -2.61. The second-order valence-electron chi connectivity index (χ2n) is 5.68. The lowest BCUT2D eigenvalue weighted by Crippen LogP contribution is -2.07. The Balaban J connectivity index is 2.16. The lowest BCUT2D eigenvalue weighted by Gasteiger charge is -2.03. The molecule has 1 aromatic rings. The third kappa shape index (κ3) is 9.98. The highest BCUT2D eigenvalue weighted by Crippen LogP contribution is 2.12. The minimum Gasteiger partial charge on any atom is -0.463 e. The van der Waals surface area contributed by atoms with Crippen LogP contribution >= 0.6 is 0 Å². The van der Waals surface area contributed by atoms with Gasteiger partial charge in [0.15, 0.2) is 0 Å². The van der Waals surface area contributed by atoms with Crippen LogP contribution in [0.25, 0.3) is 0 Å². The zero-order valence-electron chi connectivity index (χ0n) is 14.7. The van der Waals surface area contributed by atoms with Gasteiger partial charge in [0, 0.05) is 12.2 Å². The second kappa shape index (κ2) is 12.8. The molecule has 5 nitrogen and oxygen atoms in total. The van der Waals surface area contributed by atoms with Gasteiger partial charge in [0.05, 0.1) is 18.2 Å². The molecule has 0 fully saturated rings. The Bertz CT molecular complexity index is 599. The largest absolute Gasteiger partial charge is 0.463 e. The Labute approximate surface area is 149 Å². The molecule has 0 saturated carbocycles. The number of hydrogen-bond donors (Lipinski definition) is 0. The molecule has 0 aliphatic rings. The van der Waals surface area contributed by atoms with Crippen molar-refractivity contribution in [1.82, 2.24) is 0 Å². The summed E-state index contributed by atoms with van der Waals surface area (Å²) in [5.41, 5.74) is 0.476. The molecular formula is C20H25NO4. The number of ether oxygens (including phenoxy) is 2. The van der Waals surface area contributed by atoms with Crippen LogP contribution in [0.5, 0.6) is 5.75 Å². The van der Waals surface area contributed by atoms with Crippen LogP contribution in [0.15, 0.2) is 36.4 Å². The monoisotopic (exact) mass is 343 g/mol. The summed E-state index contributed by atoms with van der Waals surface area (Å²) in [4.78, 5) is 23.1. The third-order valence-corrected chi connectivity index (χ3v) is 3.55. The molecule has 0 aliphatic heterocycles. The summed E-state index contributed by atoms with van der Waals surface area (Å²) in [6, 6.07) is 8.10. The molecule has 1 rings (SSSR count). The van der Waals surface area contributed by atoms with Crippen LogP contribution in [-0.2, 0) is 14.3 Å². The van der Waals surface area contributed by atoms with E-state index in [0.717, 1.165) is 31.4 Å². The second-order valence-corrected chi connectivity index (χ2v) is 5.68. The predicted molar refractivity (Wildman–Crippen MR) is 94.9 cm³/mol. The van der Waals surface area contributed by atoms with Gasteiger partial charge in [-0.3, -0.25) is 0 Å². The summed E-state index contributed by atoms with van der Waals surface area (Å²) >= 11 is 0. The molecule has 0 N–H and O–H groups in total. The molecule has 25 heavy (non-hydrogen) atoms. The van der Waals surface area contributed by atoms with Crippen LogP contribution in [-0.4, -0.2) is 18.5 Å². The highest BCUT2D eigenvalue weighted by Gasteiger charge is 2.03. The Kier molecular flexibility index (Phi) is 10.4. The topological polar surface area (TPSA) is 76.4 Å². The molecule has 0 spiro atoms. The minimum atomic E-state index is -0.669. The van der Waals surface area contributed by atoms with Crippen molar-refractivity contribution in [3.8, 4) is 11.8 Å². The van der Waals surface area contributed by atoms with Gasteiger partial charge in [-0.25, -0.2) is 9.59 Å². The maximum absolute atomic E-state index is 11.6. The van der Waals surface area contributed by atoms with E-state index in [1.807, 2.05) is 6.07 Å². The van der Waals surface area contributed by atoms with E-state index in [1.165, 1.54) is 37.8 Å². The van der Waals surface area contributed by atoms with Gasteiger partial charge < -0.3 is 9.47 Å². The van der Waals surface area contributed by atoms with Gasteiger partial charge in [-0.1, -0.05) is 45.4 Å². The molecule has 0 aromatic heterocycles. The van der Waals surface area contributed by atoms with Crippen LogP contribution in [0.1, 0.15) is 57.4 Å². The van der Waals surface area contributed by atoms with Crippen molar-refractivity contribution in [3.63, 3.8) is 0 Å². The van der Waals surface area contributed by atoms with Crippen LogP contribution in [0.4, 0.5) is 0 Å². The number of carbonyl (C=O) groups excluding carboxylic acids is 2. The highest BCUT2D eigenvalue weighted by atomic mass is 16.5. The first kappa shape index (κ1) is 20.4. The molecule has 1 aromatic carbocycles. The first-order valence-electron chi connectivity index (χ1n) is 8.72.